The molecule has 0 bridgehead atoms. The Morgan fingerprint density at radius 1 is 1.43 bits per heavy atom. The van der Waals surface area contributed by atoms with Gasteiger partial charge in [0.2, 0.25) is 0 Å². The molecular weight excluding hydrogens is 199 g/mol. The number of Topliss-reactive ketones (excluding diaryl/α,β-unsaturated/α-hetero) is 1. The molecule has 0 aromatic carbocycles. The third-order valence-corrected chi connectivity index (χ3v) is 2.59. The molecular formula is C8H12F3NO2. The normalized spacial score (nSPS) is 34.2. The molecule has 3 N–H and O–H groups in total. The van der Waals surface area contributed by atoms with Crippen molar-refractivity contribution in [1.29, 1.82) is 0 Å². The molecule has 1 rings (SSSR count). The lowest BCUT2D eigenvalue weighted by Crippen LogP contribution is -2.59. The summed E-state index contributed by atoms with van der Waals surface area (Å²) >= 11 is 0. The summed E-state index contributed by atoms with van der Waals surface area (Å²) in [4.78, 5) is 10.9. The molecule has 1 aliphatic carbocycles. The van der Waals surface area contributed by atoms with Gasteiger partial charge in [0.05, 0.1) is 0 Å². The minimum absolute atomic E-state index is 0.202. The molecule has 0 radical (unpaired) electrons. The summed E-state index contributed by atoms with van der Waals surface area (Å²) in [6, 6.07) is -1.11. The molecule has 0 saturated heterocycles. The lowest BCUT2D eigenvalue weighted by molar-refractivity contribution is -0.194. The molecule has 0 spiro atoms. The van der Waals surface area contributed by atoms with E-state index >= 15 is 0 Å². The number of hydrogen-bond donors (Lipinski definition) is 2. The molecule has 2 atom stereocenters. The summed E-state index contributed by atoms with van der Waals surface area (Å²) in [5, 5.41) is 9.55. The van der Waals surface area contributed by atoms with Gasteiger partial charge < -0.3 is 10.8 Å². The van der Waals surface area contributed by atoms with Gasteiger partial charge in [0.1, 0.15) is 5.60 Å². The van der Waals surface area contributed by atoms with Crippen molar-refractivity contribution in [2.75, 3.05) is 0 Å². The third kappa shape index (κ3) is 1.90. The second-order valence-electron chi connectivity index (χ2n) is 3.60. The van der Waals surface area contributed by atoms with E-state index in [4.69, 9.17) is 5.73 Å². The van der Waals surface area contributed by atoms with Crippen LogP contribution in [-0.4, -0.2) is 28.7 Å². The Hall–Kier alpha value is -0.620. The average Bonchev–Trinajstić information content (AvgIpc) is 2.07. The lowest BCUT2D eigenvalue weighted by Gasteiger charge is -2.36. The highest BCUT2D eigenvalue weighted by molar-refractivity contribution is 5.92. The van der Waals surface area contributed by atoms with Crippen LogP contribution < -0.4 is 5.73 Å². The van der Waals surface area contributed by atoms with Crippen molar-refractivity contribution in [1.82, 2.24) is 0 Å². The predicted molar refractivity (Wildman–Crippen MR) is 42.5 cm³/mol. The number of alkyl halides is 3. The van der Waals surface area contributed by atoms with Crippen LogP contribution in [0, 0.1) is 0 Å². The fraction of sp³-hybridized carbons (Fsp3) is 0.875. The first-order valence-electron chi connectivity index (χ1n) is 4.38. The van der Waals surface area contributed by atoms with Crippen LogP contribution in [0.4, 0.5) is 13.2 Å². The first kappa shape index (κ1) is 11.5. The van der Waals surface area contributed by atoms with E-state index in [1.807, 2.05) is 0 Å². The Morgan fingerprint density at radius 3 is 2.43 bits per heavy atom. The zero-order chi connectivity index (χ0) is 11.0. The second-order valence-corrected chi connectivity index (χ2v) is 3.60. The lowest BCUT2D eigenvalue weighted by atomic mass is 9.78. The zero-order valence-electron chi connectivity index (χ0n) is 7.47. The molecule has 82 valence electrons. The van der Waals surface area contributed by atoms with Gasteiger partial charge >= 0.3 is 6.18 Å². The van der Waals surface area contributed by atoms with Crippen molar-refractivity contribution >= 4 is 5.78 Å². The first-order chi connectivity index (χ1) is 6.28. The van der Waals surface area contributed by atoms with Crippen LogP contribution in [0.1, 0.15) is 25.7 Å². The largest absolute Gasteiger partial charge is 0.453 e. The maximum Gasteiger partial charge on any atom is 0.453 e. The molecule has 0 aromatic rings. The molecule has 1 aliphatic rings. The van der Waals surface area contributed by atoms with Gasteiger partial charge in [0.15, 0.2) is 0 Å². The summed E-state index contributed by atoms with van der Waals surface area (Å²) in [6.07, 6.45) is -3.92. The van der Waals surface area contributed by atoms with E-state index in [0.717, 1.165) is 0 Å². The number of rotatable bonds is 1. The zero-order valence-corrected chi connectivity index (χ0v) is 7.47. The number of hydrogen-bond acceptors (Lipinski definition) is 3. The number of ketones is 1. The molecule has 2 unspecified atom stereocenters. The van der Waals surface area contributed by atoms with Gasteiger partial charge in [0.25, 0.3) is 5.78 Å². The Balaban J connectivity index is 2.87. The smallest absolute Gasteiger partial charge is 0.380 e. The van der Waals surface area contributed by atoms with Gasteiger partial charge in [-0.2, -0.15) is 13.2 Å². The first-order valence-corrected chi connectivity index (χ1v) is 4.38. The van der Waals surface area contributed by atoms with E-state index < -0.39 is 23.6 Å². The van der Waals surface area contributed by atoms with Crippen LogP contribution in [-0.2, 0) is 4.79 Å². The highest BCUT2D eigenvalue weighted by atomic mass is 19.4. The van der Waals surface area contributed by atoms with Crippen LogP contribution >= 0.6 is 0 Å². The highest BCUT2D eigenvalue weighted by Crippen LogP contribution is 2.33. The Labute approximate surface area is 79.1 Å². The monoisotopic (exact) mass is 211 g/mol. The maximum atomic E-state index is 12.1. The third-order valence-electron chi connectivity index (χ3n) is 2.59. The second kappa shape index (κ2) is 3.51. The minimum atomic E-state index is -5.01. The van der Waals surface area contributed by atoms with Gasteiger partial charge in [-0.25, -0.2) is 0 Å². The van der Waals surface area contributed by atoms with Gasteiger partial charge in [-0.3, -0.25) is 4.79 Å². The minimum Gasteiger partial charge on any atom is -0.380 e. The van der Waals surface area contributed by atoms with Crippen LogP contribution in [0.25, 0.3) is 0 Å². The molecule has 0 aromatic heterocycles. The van der Waals surface area contributed by atoms with Gasteiger partial charge in [-0.15, -0.1) is 0 Å². The van der Waals surface area contributed by atoms with E-state index in [2.05, 4.69) is 0 Å². The summed E-state index contributed by atoms with van der Waals surface area (Å²) in [5.74, 6) is -2.11. The maximum absolute atomic E-state index is 12.1. The Kier molecular flexibility index (Phi) is 2.87. The number of carbonyl (C=O) groups excluding carboxylic acids is 1. The van der Waals surface area contributed by atoms with Gasteiger partial charge in [0, 0.05) is 6.04 Å². The summed E-state index contributed by atoms with van der Waals surface area (Å²) in [6.45, 7) is 0. The topological polar surface area (TPSA) is 63.3 Å². The van der Waals surface area contributed by atoms with E-state index in [0.29, 0.717) is 12.8 Å². The van der Waals surface area contributed by atoms with Crippen molar-refractivity contribution < 1.29 is 23.1 Å². The predicted octanol–water partition coefficient (Wildman–Crippen LogP) is 0.750. The van der Waals surface area contributed by atoms with Gasteiger partial charge in [-0.1, -0.05) is 6.42 Å². The summed E-state index contributed by atoms with van der Waals surface area (Å²) in [5.41, 5.74) is 2.93. The van der Waals surface area contributed by atoms with Crippen molar-refractivity contribution in [3.63, 3.8) is 0 Å². The fourth-order valence-electron chi connectivity index (χ4n) is 1.71. The van der Waals surface area contributed by atoms with Crippen molar-refractivity contribution in [2.24, 2.45) is 5.73 Å². The van der Waals surface area contributed by atoms with Crippen molar-refractivity contribution in [2.45, 2.75) is 43.5 Å². The van der Waals surface area contributed by atoms with E-state index in [9.17, 15) is 23.1 Å². The molecule has 14 heavy (non-hydrogen) atoms. The molecule has 1 saturated carbocycles. The highest BCUT2D eigenvalue weighted by Gasteiger charge is 2.55. The Morgan fingerprint density at radius 2 is 2.00 bits per heavy atom. The average molecular weight is 211 g/mol. The number of nitrogens with two attached hydrogens (primary N) is 1. The molecule has 3 nitrogen and oxygen atoms in total. The SMILES string of the molecule is NC1CCCCC1(O)C(=O)C(F)(F)F. The molecule has 1 fully saturated rings. The number of carbonyl (C=O) groups is 1. The van der Waals surface area contributed by atoms with Crippen molar-refractivity contribution in [3.05, 3.63) is 0 Å². The quantitative estimate of drug-likeness (QED) is 0.672. The summed E-state index contributed by atoms with van der Waals surface area (Å²) < 4.78 is 36.3. The van der Waals surface area contributed by atoms with Crippen molar-refractivity contribution in [3.8, 4) is 0 Å². The van der Waals surface area contributed by atoms with E-state index in [1.165, 1.54) is 0 Å². The van der Waals surface area contributed by atoms with E-state index in [-0.39, 0.29) is 12.8 Å². The van der Waals surface area contributed by atoms with E-state index in [1.54, 1.807) is 0 Å². The van der Waals surface area contributed by atoms with Crippen LogP contribution in [0.3, 0.4) is 0 Å². The molecule has 0 aliphatic heterocycles. The summed E-state index contributed by atoms with van der Waals surface area (Å²) in [7, 11) is 0. The van der Waals surface area contributed by atoms with Gasteiger partial charge in [-0.05, 0) is 19.3 Å². The van der Waals surface area contributed by atoms with Crippen LogP contribution in [0.15, 0.2) is 0 Å². The Bertz CT molecular complexity index is 241. The van der Waals surface area contributed by atoms with Crippen LogP contribution in [0.2, 0.25) is 0 Å². The van der Waals surface area contributed by atoms with Crippen LogP contribution in [0.5, 0.6) is 0 Å². The molecule has 6 heteroatoms. The fourth-order valence-corrected chi connectivity index (χ4v) is 1.71. The molecule has 0 amide bonds. The molecule has 0 heterocycles. The standard InChI is InChI=1S/C8H12F3NO2/c9-8(10,11)6(13)7(14)4-2-1-3-5(7)12/h5,14H,1-4,12H2. The number of halogens is 3. The number of aliphatic hydroxyl groups is 1.